The van der Waals surface area contributed by atoms with Crippen LogP contribution >= 0.6 is 27.5 Å². The van der Waals surface area contributed by atoms with Gasteiger partial charge in [0.2, 0.25) is 0 Å². The molecule has 0 saturated carbocycles. The number of halogens is 2. The highest BCUT2D eigenvalue weighted by Crippen LogP contribution is 2.22. The molecule has 1 aromatic carbocycles. The molecule has 0 aliphatic rings. The van der Waals surface area contributed by atoms with E-state index in [9.17, 15) is 0 Å². The van der Waals surface area contributed by atoms with Gasteiger partial charge in [-0.3, -0.25) is 4.68 Å². The van der Waals surface area contributed by atoms with Gasteiger partial charge in [0.1, 0.15) is 0 Å². The highest BCUT2D eigenvalue weighted by atomic mass is 79.9. The van der Waals surface area contributed by atoms with Crippen LogP contribution in [-0.4, -0.2) is 15.8 Å². The SMILES string of the molecule is Cc1nn(Cc2ccc(Br)cc2Cl)cc1CNC(C)C. The molecule has 5 heteroatoms. The molecule has 0 unspecified atom stereocenters. The molecular formula is C15H19BrClN3. The minimum atomic E-state index is 0.471. The van der Waals surface area contributed by atoms with E-state index in [1.54, 1.807) is 0 Å². The second kappa shape index (κ2) is 6.74. The summed E-state index contributed by atoms with van der Waals surface area (Å²) < 4.78 is 2.94. The fraction of sp³-hybridized carbons (Fsp3) is 0.400. The number of rotatable bonds is 5. The van der Waals surface area contributed by atoms with Gasteiger partial charge in [0, 0.05) is 33.8 Å². The van der Waals surface area contributed by atoms with Crippen molar-refractivity contribution in [1.29, 1.82) is 0 Å². The smallest absolute Gasteiger partial charge is 0.0674 e. The Balaban J connectivity index is 2.12. The molecule has 0 amide bonds. The maximum Gasteiger partial charge on any atom is 0.0674 e. The lowest BCUT2D eigenvalue weighted by molar-refractivity contribution is 0.587. The number of nitrogens with one attached hydrogen (secondary N) is 1. The highest BCUT2D eigenvalue weighted by molar-refractivity contribution is 9.10. The van der Waals surface area contributed by atoms with Gasteiger partial charge in [-0.05, 0) is 24.6 Å². The average molecular weight is 357 g/mol. The zero-order valence-electron chi connectivity index (χ0n) is 12.0. The van der Waals surface area contributed by atoms with E-state index in [4.69, 9.17) is 11.6 Å². The van der Waals surface area contributed by atoms with E-state index in [-0.39, 0.29) is 0 Å². The van der Waals surface area contributed by atoms with Gasteiger partial charge >= 0.3 is 0 Å². The minimum absolute atomic E-state index is 0.471. The molecule has 0 fully saturated rings. The van der Waals surface area contributed by atoms with Crippen molar-refractivity contribution in [3.05, 3.63) is 50.7 Å². The van der Waals surface area contributed by atoms with Crippen LogP contribution in [-0.2, 0) is 13.1 Å². The van der Waals surface area contributed by atoms with E-state index < -0.39 is 0 Å². The number of aromatic nitrogens is 2. The van der Waals surface area contributed by atoms with Gasteiger partial charge in [-0.25, -0.2) is 0 Å². The summed E-state index contributed by atoms with van der Waals surface area (Å²) in [6, 6.07) is 6.40. The predicted octanol–water partition coefficient (Wildman–Crippen LogP) is 4.15. The van der Waals surface area contributed by atoms with E-state index >= 15 is 0 Å². The zero-order valence-corrected chi connectivity index (χ0v) is 14.3. The van der Waals surface area contributed by atoms with Crippen molar-refractivity contribution in [2.75, 3.05) is 0 Å². The summed E-state index contributed by atoms with van der Waals surface area (Å²) in [5.74, 6) is 0. The Morgan fingerprint density at radius 3 is 2.75 bits per heavy atom. The van der Waals surface area contributed by atoms with Gasteiger partial charge in [0.15, 0.2) is 0 Å². The van der Waals surface area contributed by atoms with Crippen molar-refractivity contribution in [3.8, 4) is 0 Å². The summed E-state index contributed by atoms with van der Waals surface area (Å²) in [5, 5.41) is 8.73. The Labute approximate surface area is 133 Å². The summed E-state index contributed by atoms with van der Waals surface area (Å²) in [6.45, 7) is 7.85. The molecule has 3 nitrogen and oxygen atoms in total. The van der Waals surface area contributed by atoms with Crippen LogP contribution in [0.3, 0.4) is 0 Å². The van der Waals surface area contributed by atoms with E-state index in [0.29, 0.717) is 12.6 Å². The lowest BCUT2D eigenvalue weighted by atomic mass is 10.2. The quantitative estimate of drug-likeness (QED) is 0.872. The number of nitrogens with zero attached hydrogens (tertiary/aromatic N) is 2. The monoisotopic (exact) mass is 355 g/mol. The van der Waals surface area contributed by atoms with Crippen LogP contribution in [0.15, 0.2) is 28.9 Å². The van der Waals surface area contributed by atoms with Crippen molar-refractivity contribution < 1.29 is 0 Å². The predicted molar refractivity (Wildman–Crippen MR) is 87.2 cm³/mol. The first kappa shape index (κ1) is 15.5. The Kier molecular flexibility index (Phi) is 5.24. The molecule has 0 aliphatic carbocycles. The number of aryl methyl sites for hydroxylation is 1. The molecule has 2 rings (SSSR count). The standard InChI is InChI=1S/C15H19BrClN3/c1-10(2)18-7-13-9-20(19-11(13)3)8-12-4-5-14(16)6-15(12)17/h4-6,9-10,18H,7-8H2,1-3H3. The van der Waals surface area contributed by atoms with E-state index in [0.717, 1.165) is 27.3 Å². The first-order valence-corrected chi connectivity index (χ1v) is 7.83. The molecule has 2 aromatic rings. The van der Waals surface area contributed by atoms with E-state index in [1.165, 1.54) is 5.56 Å². The number of hydrogen-bond acceptors (Lipinski definition) is 2. The summed E-state index contributed by atoms with van der Waals surface area (Å²) >= 11 is 9.66. The maximum absolute atomic E-state index is 6.25. The van der Waals surface area contributed by atoms with Crippen LogP contribution in [0.2, 0.25) is 5.02 Å². The molecule has 0 atom stereocenters. The van der Waals surface area contributed by atoms with Gasteiger partial charge in [0.05, 0.1) is 12.2 Å². The van der Waals surface area contributed by atoms with Crippen molar-refractivity contribution in [1.82, 2.24) is 15.1 Å². The van der Waals surface area contributed by atoms with Crippen LogP contribution in [0, 0.1) is 6.92 Å². The maximum atomic E-state index is 6.25. The third-order valence-electron chi connectivity index (χ3n) is 3.10. The van der Waals surface area contributed by atoms with Crippen molar-refractivity contribution in [3.63, 3.8) is 0 Å². The largest absolute Gasteiger partial charge is 0.310 e. The number of hydrogen-bond donors (Lipinski definition) is 1. The van der Waals surface area contributed by atoms with Gasteiger partial charge in [-0.15, -0.1) is 0 Å². The molecule has 1 heterocycles. The lowest BCUT2D eigenvalue weighted by Gasteiger charge is -2.06. The Morgan fingerprint density at radius 2 is 2.10 bits per heavy atom. The second-order valence-corrected chi connectivity index (χ2v) is 6.53. The van der Waals surface area contributed by atoms with E-state index in [1.807, 2.05) is 29.8 Å². The Morgan fingerprint density at radius 1 is 1.35 bits per heavy atom. The molecule has 0 aliphatic heterocycles. The Bertz CT molecular complexity index is 593. The van der Waals surface area contributed by atoms with Crippen LogP contribution in [0.25, 0.3) is 0 Å². The first-order valence-electron chi connectivity index (χ1n) is 6.66. The van der Waals surface area contributed by atoms with Crippen LogP contribution < -0.4 is 5.32 Å². The third kappa shape index (κ3) is 4.08. The van der Waals surface area contributed by atoms with Crippen molar-refractivity contribution in [2.24, 2.45) is 0 Å². The van der Waals surface area contributed by atoms with Gasteiger partial charge in [0.25, 0.3) is 0 Å². The fourth-order valence-corrected chi connectivity index (χ4v) is 2.69. The van der Waals surface area contributed by atoms with Gasteiger partial charge in [-0.1, -0.05) is 47.4 Å². The lowest BCUT2D eigenvalue weighted by Crippen LogP contribution is -2.21. The van der Waals surface area contributed by atoms with Crippen molar-refractivity contribution >= 4 is 27.5 Å². The molecule has 20 heavy (non-hydrogen) atoms. The summed E-state index contributed by atoms with van der Waals surface area (Å²) in [7, 11) is 0. The Hall–Kier alpha value is -0.840. The third-order valence-corrected chi connectivity index (χ3v) is 3.94. The fourth-order valence-electron chi connectivity index (χ4n) is 1.95. The normalized spacial score (nSPS) is 11.3. The zero-order chi connectivity index (χ0) is 14.7. The second-order valence-electron chi connectivity index (χ2n) is 5.21. The van der Waals surface area contributed by atoms with Crippen LogP contribution in [0.4, 0.5) is 0 Å². The van der Waals surface area contributed by atoms with Crippen molar-refractivity contribution in [2.45, 2.75) is 39.9 Å². The molecule has 0 radical (unpaired) electrons. The molecular weight excluding hydrogens is 338 g/mol. The summed E-state index contributed by atoms with van der Waals surface area (Å²) in [4.78, 5) is 0. The molecule has 0 bridgehead atoms. The van der Waals surface area contributed by atoms with Gasteiger partial charge in [-0.2, -0.15) is 5.10 Å². The minimum Gasteiger partial charge on any atom is -0.310 e. The van der Waals surface area contributed by atoms with Crippen LogP contribution in [0.1, 0.15) is 30.7 Å². The number of benzene rings is 1. The molecule has 1 aromatic heterocycles. The van der Waals surface area contributed by atoms with Gasteiger partial charge < -0.3 is 5.32 Å². The topological polar surface area (TPSA) is 29.9 Å². The average Bonchev–Trinajstić information content (AvgIpc) is 2.71. The first-order chi connectivity index (χ1) is 9.45. The summed E-state index contributed by atoms with van der Waals surface area (Å²) in [6.07, 6.45) is 2.09. The molecule has 1 N–H and O–H groups in total. The molecule has 0 spiro atoms. The molecule has 0 saturated heterocycles. The molecule has 108 valence electrons. The van der Waals surface area contributed by atoms with Crippen LogP contribution in [0.5, 0.6) is 0 Å². The van der Waals surface area contributed by atoms with E-state index in [2.05, 4.69) is 46.4 Å². The summed E-state index contributed by atoms with van der Waals surface area (Å²) in [5.41, 5.74) is 3.36. The highest BCUT2D eigenvalue weighted by Gasteiger charge is 2.08.